The van der Waals surface area contributed by atoms with Gasteiger partial charge >= 0.3 is 0 Å². The molecule has 0 radical (unpaired) electrons. The van der Waals surface area contributed by atoms with Gasteiger partial charge in [0.25, 0.3) is 0 Å². The van der Waals surface area contributed by atoms with E-state index in [0.717, 1.165) is 27.6 Å². The average Bonchev–Trinajstić information content (AvgIpc) is 2.53. The lowest BCUT2D eigenvalue weighted by Crippen LogP contribution is -2.18. The normalized spacial score (nSPS) is 13.3. The topological polar surface area (TPSA) is 50.4 Å². The molecule has 0 saturated carbocycles. The molecule has 2 aromatic rings. The summed E-state index contributed by atoms with van der Waals surface area (Å²) in [6, 6.07) is 11.5. The number of carbonyl (C=O) groups excluding carboxylic acids is 1. The van der Waals surface area contributed by atoms with Gasteiger partial charge in [0.1, 0.15) is 5.75 Å². The van der Waals surface area contributed by atoms with Crippen LogP contribution in [-0.2, 0) is 11.3 Å². The molecule has 4 nitrogen and oxygen atoms in total. The molecule has 2 aromatic carbocycles. The smallest absolute Gasteiger partial charge is 0.234 e. The van der Waals surface area contributed by atoms with E-state index < -0.39 is 0 Å². The van der Waals surface area contributed by atoms with Crippen LogP contribution in [0, 0.1) is 0 Å². The Morgan fingerprint density at radius 1 is 1.36 bits per heavy atom. The summed E-state index contributed by atoms with van der Waals surface area (Å²) in [5.74, 6) is 1.25. The Morgan fingerprint density at radius 2 is 2.23 bits per heavy atom. The molecule has 1 aliphatic rings. The number of fused-ring (bicyclic) bond motifs is 1. The molecule has 0 fully saturated rings. The fraction of sp³-hybridized carbons (Fsp3) is 0.188. The molecule has 0 saturated heterocycles. The fourth-order valence-corrected chi connectivity index (χ4v) is 3.31. The summed E-state index contributed by atoms with van der Waals surface area (Å²) in [4.78, 5) is 12.5. The van der Waals surface area contributed by atoms with E-state index in [-0.39, 0.29) is 5.91 Å². The molecule has 1 aliphatic heterocycles. The van der Waals surface area contributed by atoms with E-state index >= 15 is 0 Å². The zero-order chi connectivity index (χ0) is 15.5. The second kappa shape index (κ2) is 6.50. The van der Waals surface area contributed by atoms with Crippen LogP contribution in [0.15, 0.2) is 41.3 Å². The molecule has 1 heterocycles. The number of halogens is 1. The standard InChI is InChI=1S/C16H15ClN2O2S/c1-21-14-4-2-3-12(17)11(14)8-18-10-5-6-15-13(7-10)19-16(20)9-22-15/h2-7,18H,8-9H2,1H3,(H,19,20). The molecule has 1 amide bonds. The van der Waals surface area contributed by atoms with Crippen LogP contribution in [0.4, 0.5) is 11.4 Å². The minimum atomic E-state index is 0.0300. The molecule has 0 spiro atoms. The molecule has 2 N–H and O–H groups in total. The quantitative estimate of drug-likeness (QED) is 0.887. The number of hydrogen-bond acceptors (Lipinski definition) is 4. The fourth-order valence-electron chi connectivity index (χ4n) is 2.29. The number of ether oxygens (including phenoxy) is 1. The maximum atomic E-state index is 11.5. The Labute approximate surface area is 138 Å². The first-order chi connectivity index (χ1) is 10.7. The van der Waals surface area contributed by atoms with Gasteiger partial charge in [0, 0.05) is 27.7 Å². The van der Waals surface area contributed by atoms with Crippen LogP contribution in [0.1, 0.15) is 5.56 Å². The lowest BCUT2D eigenvalue weighted by molar-refractivity contribution is -0.113. The van der Waals surface area contributed by atoms with Gasteiger partial charge in [0.15, 0.2) is 0 Å². The summed E-state index contributed by atoms with van der Waals surface area (Å²) in [6.45, 7) is 0.544. The van der Waals surface area contributed by atoms with Crippen LogP contribution < -0.4 is 15.4 Å². The second-order valence-corrected chi connectivity index (χ2v) is 6.25. The third-order valence-electron chi connectivity index (χ3n) is 3.38. The molecule has 0 unspecified atom stereocenters. The maximum absolute atomic E-state index is 11.5. The van der Waals surface area contributed by atoms with Crippen molar-refractivity contribution in [3.05, 3.63) is 47.0 Å². The Bertz CT molecular complexity index is 721. The van der Waals surface area contributed by atoms with E-state index in [1.807, 2.05) is 36.4 Å². The molecule has 0 bridgehead atoms. The lowest BCUT2D eigenvalue weighted by Gasteiger charge is -2.18. The van der Waals surface area contributed by atoms with Crippen LogP contribution in [0.2, 0.25) is 5.02 Å². The highest BCUT2D eigenvalue weighted by Gasteiger charge is 2.15. The zero-order valence-electron chi connectivity index (χ0n) is 12.0. The third-order valence-corrected chi connectivity index (χ3v) is 4.81. The van der Waals surface area contributed by atoms with E-state index in [2.05, 4.69) is 10.6 Å². The molecular weight excluding hydrogens is 320 g/mol. The summed E-state index contributed by atoms with van der Waals surface area (Å²) >= 11 is 7.78. The van der Waals surface area contributed by atoms with Gasteiger partial charge in [-0.15, -0.1) is 11.8 Å². The van der Waals surface area contributed by atoms with Crippen LogP contribution in [-0.4, -0.2) is 18.8 Å². The molecule has 0 aliphatic carbocycles. The average molecular weight is 335 g/mol. The van der Waals surface area contributed by atoms with E-state index in [1.54, 1.807) is 18.9 Å². The number of rotatable bonds is 4. The van der Waals surface area contributed by atoms with Crippen LogP contribution in [0.5, 0.6) is 5.75 Å². The lowest BCUT2D eigenvalue weighted by atomic mass is 10.2. The number of carbonyl (C=O) groups is 1. The van der Waals surface area contributed by atoms with Gasteiger partial charge in [0.05, 0.1) is 18.6 Å². The van der Waals surface area contributed by atoms with Crippen LogP contribution in [0.25, 0.3) is 0 Å². The molecule has 0 aromatic heterocycles. The second-order valence-electron chi connectivity index (χ2n) is 4.82. The first-order valence-electron chi connectivity index (χ1n) is 6.79. The number of methoxy groups -OCH3 is 1. The van der Waals surface area contributed by atoms with Crippen molar-refractivity contribution in [2.45, 2.75) is 11.4 Å². The van der Waals surface area contributed by atoms with E-state index in [4.69, 9.17) is 16.3 Å². The number of benzene rings is 2. The highest BCUT2D eigenvalue weighted by Crippen LogP contribution is 2.34. The highest BCUT2D eigenvalue weighted by atomic mass is 35.5. The Balaban J connectivity index is 1.77. The van der Waals surface area contributed by atoms with Crippen molar-refractivity contribution in [1.29, 1.82) is 0 Å². The predicted molar refractivity (Wildman–Crippen MR) is 91.1 cm³/mol. The summed E-state index contributed by atoms with van der Waals surface area (Å²) < 4.78 is 5.33. The third kappa shape index (κ3) is 3.15. The van der Waals surface area contributed by atoms with Gasteiger partial charge in [0.2, 0.25) is 5.91 Å². The Hall–Kier alpha value is -1.85. The van der Waals surface area contributed by atoms with Gasteiger partial charge in [-0.05, 0) is 30.3 Å². The monoisotopic (exact) mass is 334 g/mol. The Kier molecular flexibility index (Phi) is 4.45. The molecule has 6 heteroatoms. The summed E-state index contributed by atoms with van der Waals surface area (Å²) in [7, 11) is 1.63. The van der Waals surface area contributed by atoms with Crippen molar-refractivity contribution in [3.8, 4) is 5.75 Å². The van der Waals surface area contributed by atoms with Gasteiger partial charge in [-0.2, -0.15) is 0 Å². The van der Waals surface area contributed by atoms with Crippen molar-refractivity contribution in [2.75, 3.05) is 23.5 Å². The van der Waals surface area contributed by atoms with Crippen LogP contribution in [0.3, 0.4) is 0 Å². The first-order valence-corrected chi connectivity index (χ1v) is 8.15. The number of anilines is 2. The molecule has 3 rings (SSSR count). The van der Waals surface area contributed by atoms with Crippen molar-refractivity contribution in [3.63, 3.8) is 0 Å². The highest BCUT2D eigenvalue weighted by molar-refractivity contribution is 8.00. The molecule has 22 heavy (non-hydrogen) atoms. The van der Waals surface area contributed by atoms with E-state index in [0.29, 0.717) is 17.3 Å². The van der Waals surface area contributed by atoms with Gasteiger partial charge < -0.3 is 15.4 Å². The molecule has 0 atom stereocenters. The summed E-state index contributed by atoms with van der Waals surface area (Å²) in [6.07, 6.45) is 0. The van der Waals surface area contributed by atoms with E-state index in [9.17, 15) is 4.79 Å². The van der Waals surface area contributed by atoms with Crippen molar-refractivity contribution >= 4 is 40.6 Å². The number of thioether (sulfide) groups is 1. The summed E-state index contributed by atoms with van der Waals surface area (Å²) in [5, 5.41) is 6.86. The minimum Gasteiger partial charge on any atom is -0.496 e. The van der Waals surface area contributed by atoms with Gasteiger partial charge in [-0.25, -0.2) is 0 Å². The zero-order valence-corrected chi connectivity index (χ0v) is 13.6. The Morgan fingerprint density at radius 3 is 3.05 bits per heavy atom. The van der Waals surface area contributed by atoms with Crippen molar-refractivity contribution < 1.29 is 9.53 Å². The SMILES string of the molecule is COc1cccc(Cl)c1CNc1ccc2c(c1)NC(=O)CS2. The van der Waals surface area contributed by atoms with Gasteiger partial charge in [-0.1, -0.05) is 17.7 Å². The number of hydrogen-bond donors (Lipinski definition) is 2. The predicted octanol–water partition coefficient (Wildman–Crippen LogP) is 4.00. The van der Waals surface area contributed by atoms with Crippen molar-refractivity contribution in [2.24, 2.45) is 0 Å². The number of amides is 1. The van der Waals surface area contributed by atoms with E-state index in [1.165, 1.54) is 0 Å². The first kappa shape index (κ1) is 15.1. The van der Waals surface area contributed by atoms with Crippen LogP contribution >= 0.6 is 23.4 Å². The maximum Gasteiger partial charge on any atom is 0.234 e. The molecule has 114 valence electrons. The largest absolute Gasteiger partial charge is 0.496 e. The summed E-state index contributed by atoms with van der Waals surface area (Å²) in [5.41, 5.74) is 2.67. The molecular formula is C16H15ClN2O2S. The minimum absolute atomic E-state index is 0.0300. The van der Waals surface area contributed by atoms with Crippen molar-refractivity contribution in [1.82, 2.24) is 0 Å². The van der Waals surface area contributed by atoms with Gasteiger partial charge in [-0.3, -0.25) is 4.79 Å². The number of nitrogens with one attached hydrogen (secondary N) is 2.